The number of benzene rings is 1. The number of nitriles is 1. The van der Waals surface area contributed by atoms with Gasteiger partial charge in [-0.1, -0.05) is 12.1 Å². The summed E-state index contributed by atoms with van der Waals surface area (Å²) in [6.45, 7) is 3.60. The molecular formula is C22H18F3N5O3. The van der Waals surface area contributed by atoms with Crippen LogP contribution in [0.1, 0.15) is 28.5 Å². The van der Waals surface area contributed by atoms with Crippen molar-refractivity contribution in [2.45, 2.75) is 20.0 Å². The topological polar surface area (TPSA) is 110 Å². The third-order valence-electron chi connectivity index (χ3n) is 4.67. The molecule has 8 nitrogen and oxygen atoms in total. The number of hydrogen-bond donors (Lipinski definition) is 1. The monoisotopic (exact) mass is 457 g/mol. The Morgan fingerprint density at radius 1 is 1.21 bits per heavy atom. The number of aromatic nitrogens is 3. The number of alkyl halides is 3. The number of hydrogen-bond acceptors (Lipinski definition) is 6. The number of anilines is 1. The molecule has 0 fully saturated rings. The predicted molar refractivity (Wildman–Crippen MR) is 111 cm³/mol. The highest BCUT2D eigenvalue weighted by molar-refractivity contribution is 6.16. The number of ether oxygens (including phenoxy) is 1. The molecule has 0 saturated heterocycles. The molecule has 33 heavy (non-hydrogen) atoms. The standard InChI is InChI=1S/C22H18F3N5O3/c1-3-33-18-7-5-4-6-17(18)29-21(32)15(10-26)20(31)16-12-28-30(13(16)2)19-9-8-14(11-27-19)22(23,24)25/h4-9,11-12,15H,3H2,1-2H3,(H,29,32). The summed E-state index contributed by atoms with van der Waals surface area (Å²) in [7, 11) is 0. The minimum atomic E-state index is -4.54. The van der Waals surface area contributed by atoms with Crippen LogP contribution in [0.2, 0.25) is 0 Å². The van der Waals surface area contributed by atoms with E-state index in [4.69, 9.17) is 4.74 Å². The second-order valence-corrected chi connectivity index (χ2v) is 6.80. The summed E-state index contributed by atoms with van der Waals surface area (Å²) >= 11 is 0. The fourth-order valence-corrected chi connectivity index (χ4v) is 3.01. The largest absolute Gasteiger partial charge is 0.492 e. The Kier molecular flexibility index (Phi) is 6.77. The minimum absolute atomic E-state index is 0.0310. The smallest absolute Gasteiger partial charge is 0.417 e. The van der Waals surface area contributed by atoms with Gasteiger partial charge >= 0.3 is 6.18 Å². The SMILES string of the molecule is CCOc1ccccc1NC(=O)C(C#N)C(=O)c1cnn(-c2ccc(C(F)(F)F)cn2)c1C. The molecule has 1 N–H and O–H groups in total. The van der Waals surface area contributed by atoms with E-state index >= 15 is 0 Å². The zero-order valence-corrected chi connectivity index (χ0v) is 17.6. The molecule has 170 valence electrons. The van der Waals surface area contributed by atoms with Crippen molar-refractivity contribution in [3.8, 4) is 17.6 Å². The van der Waals surface area contributed by atoms with Crippen molar-refractivity contribution < 1.29 is 27.5 Å². The molecule has 11 heteroatoms. The highest BCUT2D eigenvalue weighted by Crippen LogP contribution is 2.29. The molecule has 0 saturated carbocycles. The van der Waals surface area contributed by atoms with Crippen LogP contribution in [-0.2, 0) is 11.0 Å². The van der Waals surface area contributed by atoms with E-state index in [1.54, 1.807) is 37.3 Å². The van der Waals surface area contributed by atoms with Gasteiger partial charge in [-0.3, -0.25) is 9.59 Å². The van der Waals surface area contributed by atoms with Gasteiger partial charge in [-0.2, -0.15) is 23.5 Å². The first-order valence-corrected chi connectivity index (χ1v) is 9.72. The normalized spacial score (nSPS) is 12.0. The molecule has 1 aromatic carbocycles. The number of amides is 1. The summed E-state index contributed by atoms with van der Waals surface area (Å²) in [6, 6.07) is 10.2. The molecule has 2 heterocycles. The van der Waals surface area contributed by atoms with E-state index in [1.807, 2.05) is 0 Å². The molecule has 0 bridgehead atoms. The summed E-state index contributed by atoms with van der Waals surface area (Å²) < 4.78 is 44.8. The van der Waals surface area contributed by atoms with Crippen molar-refractivity contribution in [2.75, 3.05) is 11.9 Å². The Morgan fingerprint density at radius 3 is 2.55 bits per heavy atom. The van der Waals surface area contributed by atoms with Crippen LogP contribution in [0.5, 0.6) is 5.75 Å². The van der Waals surface area contributed by atoms with E-state index in [0.29, 0.717) is 24.2 Å². The Labute approximate surface area is 186 Å². The molecule has 0 aliphatic heterocycles. The summed E-state index contributed by atoms with van der Waals surface area (Å²) in [5.41, 5.74) is -0.439. The van der Waals surface area contributed by atoms with Gasteiger partial charge in [-0.25, -0.2) is 9.67 Å². The van der Waals surface area contributed by atoms with Crippen molar-refractivity contribution in [1.82, 2.24) is 14.8 Å². The lowest BCUT2D eigenvalue weighted by atomic mass is 9.98. The fraction of sp³-hybridized carbons (Fsp3) is 0.227. The van der Waals surface area contributed by atoms with Gasteiger partial charge in [0.2, 0.25) is 5.91 Å². The van der Waals surface area contributed by atoms with Gasteiger partial charge in [0.25, 0.3) is 0 Å². The van der Waals surface area contributed by atoms with Crippen LogP contribution >= 0.6 is 0 Å². The molecule has 1 unspecified atom stereocenters. The number of ketones is 1. The molecule has 3 aromatic rings. The van der Waals surface area contributed by atoms with Crippen LogP contribution in [0.15, 0.2) is 48.8 Å². The first-order valence-electron chi connectivity index (χ1n) is 9.72. The quantitative estimate of drug-likeness (QED) is 0.425. The number of carbonyl (C=O) groups excluding carboxylic acids is 2. The van der Waals surface area contributed by atoms with Gasteiger partial charge in [-0.15, -0.1) is 0 Å². The first kappa shape index (κ1) is 23.5. The van der Waals surface area contributed by atoms with Crippen LogP contribution in [0.3, 0.4) is 0 Å². The lowest BCUT2D eigenvalue weighted by Gasteiger charge is -2.13. The van der Waals surface area contributed by atoms with Crippen molar-refractivity contribution in [1.29, 1.82) is 5.26 Å². The third-order valence-corrected chi connectivity index (χ3v) is 4.67. The van der Waals surface area contributed by atoms with Crippen LogP contribution in [0.25, 0.3) is 5.82 Å². The zero-order chi connectivity index (χ0) is 24.2. The molecular weight excluding hydrogens is 439 g/mol. The number of para-hydroxylation sites is 2. The average molecular weight is 457 g/mol. The van der Waals surface area contributed by atoms with Gasteiger partial charge in [0.05, 0.1) is 41.4 Å². The fourth-order valence-electron chi connectivity index (χ4n) is 3.01. The van der Waals surface area contributed by atoms with Gasteiger partial charge in [0, 0.05) is 6.20 Å². The number of pyridine rings is 1. The molecule has 0 aliphatic carbocycles. The molecule has 1 atom stereocenters. The number of halogens is 3. The van der Waals surface area contributed by atoms with Gasteiger partial charge < -0.3 is 10.1 Å². The van der Waals surface area contributed by atoms with E-state index in [2.05, 4.69) is 15.4 Å². The minimum Gasteiger partial charge on any atom is -0.492 e. The molecule has 1 amide bonds. The molecule has 2 aromatic heterocycles. The third kappa shape index (κ3) is 5.01. The van der Waals surface area contributed by atoms with Crippen molar-refractivity contribution in [3.63, 3.8) is 0 Å². The maximum atomic E-state index is 12.9. The Morgan fingerprint density at radius 2 is 1.94 bits per heavy atom. The maximum Gasteiger partial charge on any atom is 0.417 e. The Balaban J connectivity index is 1.84. The lowest BCUT2D eigenvalue weighted by Crippen LogP contribution is -2.29. The van der Waals surface area contributed by atoms with Crippen LogP contribution < -0.4 is 10.1 Å². The van der Waals surface area contributed by atoms with Crippen LogP contribution in [0.4, 0.5) is 18.9 Å². The first-order chi connectivity index (χ1) is 15.7. The molecule has 3 rings (SSSR count). The number of nitrogens with one attached hydrogen (secondary N) is 1. The van der Waals surface area contributed by atoms with E-state index in [9.17, 15) is 28.0 Å². The summed E-state index contributed by atoms with van der Waals surface area (Å²) in [6.07, 6.45) is -2.75. The van der Waals surface area contributed by atoms with Crippen molar-refractivity contribution in [3.05, 3.63) is 65.6 Å². The Hall–Kier alpha value is -4.20. The van der Waals surface area contributed by atoms with Crippen molar-refractivity contribution in [2.24, 2.45) is 5.92 Å². The molecule has 0 aliphatic rings. The van der Waals surface area contributed by atoms with E-state index in [-0.39, 0.29) is 17.1 Å². The summed E-state index contributed by atoms with van der Waals surface area (Å²) in [4.78, 5) is 29.4. The lowest BCUT2D eigenvalue weighted by molar-refractivity contribution is -0.137. The second-order valence-electron chi connectivity index (χ2n) is 6.80. The molecule has 0 radical (unpaired) electrons. The van der Waals surface area contributed by atoms with Crippen LogP contribution in [0, 0.1) is 24.2 Å². The maximum absolute atomic E-state index is 12.9. The van der Waals surface area contributed by atoms with E-state index < -0.39 is 29.3 Å². The molecule has 0 spiro atoms. The number of nitrogens with zero attached hydrogens (tertiary/aromatic N) is 4. The predicted octanol–water partition coefficient (Wildman–Crippen LogP) is 3.95. The van der Waals surface area contributed by atoms with Gasteiger partial charge in [0.15, 0.2) is 17.5 Å². The zero-order valence-electron chi connectivity index (χ0n) is 17.6. The Bertz CT molecular complexity index is 1210. The number of carbonyl (C=O) groups is 2. The van der Waals surface area contributed by atoms with Gasteiger partial charge in [0.1, 0.15) is 5.75 Å². The van der Waals surface area contributed by atoms with Crippen LogP contribution in [-0.4, -0.2) is 33.1 Å². The van der Waals surface area contributed by atoms with Gasteiger partial charge in [-0.05, 0) is 38.1 Å². The van der Waals surface area contributed by atoms with Crippen molar-refractivity contribution >= 4 is 17.4 Å². The number of rotatable bonds is 7. The summed E-state index contributed by atoms with van der Waals surface area (Å²) in [5, 5.41) is 16.0. The highest BCUT2D eigenvalue weighted by Gasteiger charge is 2.32. The highest BCUT2D eigenvalue weighted by atomic mass is 19.4. The average Bonchev–Trinajstić information content (AvgIpc) is 3.16. The van der Waals surface area contributed by atoms with E-state index in [1.165, 1.54) is 6.92 Å². The second kappa shape index (κ2) is 9.52. The number of Topliss-reactive ketones (excluding diaryl/α,β-unsaturated/α-hetero) is 1. The summed E-state index contributed by atoms with van der Waals surface area (Å²) in [5.74, 6) is -2.91. The van der Waals surface area contributed by atoms with E-state index in [0.717, 1.165) is 23.0 Å².